The molecule has 20 heavy (non-hydrogen) atoms. The highest BCUT2D eigenvalue weighted by atomic mass is 16.3. The first-order valence-electron chi connectivity index (χ1n) is 7.20. The molecule has 0 aliphatic carbocycles. The lowest BCUT2D eigenvalue weighted by Gasteiger charge is -2.17. The maximum absolute atomic E-state index is 9.64. The Labute approximate surface area is 119 Å². The van der Waals surface area contributed by atoms with Crippen molar-refractivity contribution in [3.8, 4) is 5.69 Å². The molecule has 0 amide bonds. The Morgan fingerprint density at radius 3 is 2.75 bits per heavy atom. The van der Waals surface area contributed by atoms with E-state index in [1.54, 1.807) is 6.20 Å². The van der Waals surface area contributed by atoms with Crippen molar-refractivity contribution in [2.24, 2.45) is 5.92 Å². The predicted octanol–water partition coefficient (Wildman–Crippen LogP) is 2.08. The summed E-state index contributed by atoms with van der Waals surface area (Å²) in [5.41, 5.74) is 2.45. The molecule has 1 aliphatic heterocycles. The third-order valence-electron chi connectivity index (χ3n) is 4.14. The SMILES string of the molecule is CC(O)C1CCN(Cc2ccc(-n3ccnc3)cc2)C1. The summed E-state index contributed by atoms with van der Waals surface area (Å²) < 4.78 is 2.00. The number of hydrogen-bond acceptors (Lipinski definition) is 3. The number of rotatable bonds is 4. The van der Waals surface area contributed by atoms with E-state index in [1.165, 1.54) is 5.56 Å². The van der Waals surface area contributed by atoms with E-state index in [0.29, 0.717) is 5.92 Å². The zero-order valence-electron chi connectivity index (χ0n) is 11.8. The second kappa shape index (κ2) is 5.77. The molecule has 0 saturated carbocycles. The van der Waals surface area contributed by atoms with Gasteiger partial charge in [-0.25, -0.2) is 4.98 Å². The third-order valence-corrected chi connectivity index (χ3v) is 4.14. The number of nitrogens with zero attached hydrogens (tertiary/aromatic N) is 3. The summed E-state index contributed by atoms with van der Waals surface area (Å²) in [4.78, 5) is 6.48. The topological polar surface area (TPSA) is 41.3 Å². The van der Waals surface area contributed by atoms with Crippen molar-refractivity contribution in [2.45, 2.75) is 26.0 Å². The van der Waals surface area contributed by atoms with E-state index >= 15 is 0 Å². The summed E-state index contributed by atoms with van der Waals surface area (Å²) in [5.74, 6) is 0.431. The maximum atomic E-state index is 9.64. The van der Waals surface area contributed by atoms with Crippen LogP contribution in [-0.4, -0.2) is 38.8 Å². The number of aromatic nitrogens is 2. The first kappa shape index (κ1) is 13.3. The quantitative estimate of drug-likeness (QED) is 0.925. The van der Waals surface area contributed by atoms with Crippen molar-refractivity contribution in [3.63, 3.8) is 0 Å². The zero-order valence-corrected chi connectivity index (χ0v) is 11.8. The van der Waals surface area contributed by atoms with Crippen LogP contribution in [0.4, 0.5) is 0 Å². The van der Waals surface area contributed by atoms with E-state index < -0.39 is 0 Å². The number of hydrogen-bond donors (Lipinski definition) is 1. The van der Waals surface area contributed by atoms with Crippen molar-refractivity contribution >= 4 is 0 Å². The van der Waals surface area contributed by atoms with Crippen molar-refractivity contribution in [3.05, 3.63) is 48.5 Å². The number of benzene rings is 1. The van der Waals surface area contributed by atoms with Crippen LogP contribution in [0.2, 0.25) is 0 Å². The molecule has 2 atom stereocenters. The second-order valence-electron chi connectivity index (χ2n) is 5.66. The van der Waals surface area contributed by atoms with Gasteiger partial charge in [0.25, 0.3) is 0 Å². The molecule has 1 aromatic heterocycles. The van der Waals surface area contributed by atoms with Gasteiger partial charge >= 0.3 is 0 Å². The Morgan fingerprint density at radius 1 is 1.35 bits per heavy atom. The molecule has 2 aromatic rings. The molecule has 2 unspecified atom stereocenters. The first-order chi connectivity index (χ1) is 9.72. The summed E-state index contributed by atoms with van der Waals surface area (Å²) in [5, 5.41) is 9.64. The largest absolute Gasteiger partial charge is 0.393 e. The zero-order chi connectivity index (χ0) is 13.9. The predicted molar refractivity (Wildman–Crippen MR) is 78.6 cm³/mol. The van der Waals surface area contributed by atoms with E-state index in [2.05, 4.69) is 34.1 Å². The minimum Gasteiger partial charge on any atom is -0.393 e. The number of aliphatic hydroxyl groups is 1. The van der Waals surface area contributed by atoms with Crippen molar-refractivity contribution in [1.29, 1.82) is 0 Å². The molecule has 1 N–H and O–H groups in total. The molecule has 1 saturated heterocycles. The smallest absolute Gasteiger partial charge is 0.0991 e. The van der Waals surface area contributed by atoms with Gasteiger partial charge in [-0.2, -0.15) is 0 Å². The summed E-state index contributed by atoms with van der Waals surface area (Å²) in [6.45, 7) is 4.95. The van der Waals surface area contributed by atoms with E-state index in [-0.39, 0.29) is 6.10 Å². The minimum absolute atomic E-state index is 0.191. The van der Waals surface area contributed by atoms with Crippen molar-refractivity contribution < 1.29 is 5.11 Å². The number of imidazole rings is 1. The van der Waals surface area contributed by atoms with Crippen LogP contribution >= 0.6 is 0 Å². The molecule has 0 spiro atoms. The molecular formula is C16H21N3O. The van der Waals surface area contributed by atoms with E-state index in [4.69, 9.17) is 0 Å². The minimum atomic E-state index is -0.191. The molecule has 106 valence electrons. The Balaban J connectivity index is 1.62. The summed E-state index contributed by atoms with van der Waals surface area (Å²) >= 11 is 0. The number of aliphatic hydroxyl groups excluding tert-OH is 1. The van der Waals surface area contributed by atoms with Gasteiger partial charge in [0.15, 0.2) is 0 Å². The Hall–Kier alpha value is -1.65. The second-order valence-corrected chi connectivity index (χ2v) is 5.66. The van der Waals surface area contributed by atoms with Crippen LogP contribution in [0.1, 0.15) is 18.9 Å². The molecule has 0 radical (unpaired) electrons. The number of likely N-dealkylation sites (tertiary alicyclic amines) is 1. The molecule has 1 aromatic carbocycles. The van der Waals surface area contributed by atoms with Gasteiger partial charge in [-0.05, 0) is 43.5 Å². The molecule has 4 nitrogen and oxygen atoms in total. The molecular weight excluding hydrogens is 250 g/mol. The average Bonchev–Trinajstić information content (AvgIpc) is 3.10. The average molecular weight is 271 g/mol. The van der Waals surface area contributed by atoms with Crippen molar-refractivity contribution in [1.82, 2.24) is 14.5 Å². The standard InChI is InChI=1S/C16H21N3O/c1-13(20)15-6-8-18(11-15)10-14-2-4-16(5-3-14)19-9-7-17-12-19/h2-5,7,9,12-13,15,20H,6,8,10-11H2,1H3. The van der Waals surface area contributed by atoms with Crippen LogP contribution in [0, 0.1) is 5.92 Å². The first-order valence-corrected chi connectivity index (χ1v) is 7.20. The van der Waals surface area contributed by atoms with E-state index in [0.717, 1.165) is 31.7 Å². The molecule has 2 heterocycles. The molecule has 0 bridgehead atoms. The molecule has 1 fully saturated rings. The van der Waals surface area contributed by atoms with Crippen LogP contribution < -0.4 is 0 Å². The molecule has 1 aliphatic rings. The lowest BCUT2D eigenvalue weighted by Crippen LogP contribution is -2.23. The Bertz CT molecular complexity index is 533. The van der Waals surface area contributed by atoms with Crippen LogP contribution in [0.15, 0.2) is 43.0 Å². The highest BCUT2D eigenvalue weighted by Gasteiger charge is 2.25. The van der Waals surface area contributed by atoms with Crippen LogP contribution in [0.5, 0.6) is 0 Å². The van der Waals surface area contributed by atoms with Gasteiger partial charge in [0.2, 0.25) is 0 Å². The van der Waals surface area contributed by atoms with Crippen molar-refractivity contribution in [2.75, 3.05) is 13.1 Å². The van der Waals surface area contributed by atoms with Gasteiger partial charge < -0.3 is 9.67 Å². The third kappa shape index (κ3) is 2.92. The highest BCUT2D eigenvalue weighted by Crippen LogP contribution is 2.21. The van der Waals surface area contributed by atoms with Crippen LogP contribution in [-0.2, 0) is 6.54 Å². The fourth-order valence-electron chi connectivity index (χ4n) is 2.84. The van der Waals surface area contributed by atoms with E-state index in [9.17, 15) is 5.11 Å². The van der Waals surface area contributed by atoms with Gasteiger partial charge in [-0.1, -0.05) is 12.1 Å². The lowest BCUT2D eigenvalue weighted by molar-refractivity contribution is 0.127. The highest BCUT2D eigenvalue weighted by molar-refractivity contribution is 5.34. The maximum Gasteiger partial charge on any atom is 0.0991 e. The van der Waals surface area contributed by atoms with Crippen LogP contribution in [0.3, 0.4) is 0 Å². The van der Waals surface area contributed by atoms with Gasteiger partial charge in [0.1, 0.15) is 0 Å². The van der Waals surface area contributed by atoms with Gasteiger partial charge in [-0.15, -0.1) is 0 Å². The normalized spacial score (nSPS) is 21.2. The van der Waals surface area contributed by atoms with E-state index in [1.807, 2.05) is 24.0 Å². The van der Waals surface area contributed by atoms with Crippen LogP contribution in [0.25, 0.3) is 5.69 Å². The summed E-state index contributed by atoms with van der Waals surface area (Å²) in [6, 6.07) is 8.59. The van der Waals surface area contributed by atoms with Gasteiger partial charge in [0.05, 0.1) is 12.4 Å². The van der Waals surface area contributed by atoms with Gasteiger partial charge in [0, 0.05) is 31.2 Å². The Morgan fingerprint density at radius 2 is 2.15 bits per heavy atom. The Kier molecular flexibility index (Phi) is 3.85. The fourth-order valence-corrected chi connectivity index (χ4v) is 2.84. The fraction of sp³-hybridized carbons (Fsp3) is 0.438. The molecule has 4 heteroatoms. The lowest BCUT2D eigenvalue weighted by atomic mass is 10.0. The van der Waals surface area contributed by atoms with Gasteiger partial charge in [-0.3, -0.25) is 4.90 Å². The summed E-state index contributed by atoms with van der Waals surface area (Å²) in [7, 11) is 0. The monoisotopic (exact) mass is 271 g/mol. The molecule has 3 rings (SSSR count). The summed E-state index contributed by atoms with van der Waals surface area (Å²) in [6.07, 6.45) is 6.45.